The van der Waals surface area contributed by atoms with Crippen molar-refractivity contribution in [2.24, 2.45) is 0 Å². The number of rotatable bonds is 8. The van der Waals surface area contributed by atoms with Gasteiger partial charge in [0.25, 0.3) is 5.91 Å². The maximum Gasteiger partial charge on any atom is 0.257 e. The molecule has 1 N–H and O–H groups in total. The monoisotopic (exact) mass is 457 g/mol. The van der Waals surface area contributed by atoms with E-state index in [1.807, 2.05) is 30.3 Å². The van der Waals surface area contributed by atoms with Gasteiger partial charge in [0.1, 0.15) is 0 Å². The lowest BCUT2D eigenvalue weighted by Gasteiger charge is -2.18. The molecule has 0 bridgehead atoms. The lowest BCUT2D eigenvalue weighted by Crippen LogP contribution is -2.30. The van der Waals surface area contributed by atoms with Crippen LogP contribution in [-0.4, -0.2) is 42.5 Å². The first-order valence-electron chi connectivity index (χ1n) is 9.76. The molecule has 0 saturated carbocycles. The highest BCUT2D eigenvalue weighted by molar-refractivity contribution is 7.89. The summed E-state index contributed by atoms with van der Waals surface area (Å²) in [6, 6.07) is 15.1. The molecular weight excluding hydrogens is 434 g/mol. The molecule has 0 saturated heterocycles. The quantitative estimate of drug-likeness (QED) is 0.509. The largest absolute Gasteiger partial charge is 0.298 e. The van der Waals surface area contributed by atoms with Gasteiger partial charge in [0.15, 0.2) is 10.9 Å². The number of nitrogens with one attached hydrogen (secondary N) is 1. The van der Waals surface area contributed by atoms with E-state index in [1.165, 1.54) is 35.5 Å². The molecule has 9 heteroatoms. The molecule has 3 aromatic rings. The molecule has 1 heterocycles. The summed E-state index contributed by atoms with van der Waals surface area (Å²) in [6.07, 6.45) is 0. The van der Waals surface area contributed by atoms with Gasteiger partial charge in [-0.1, -0.05) is 61.6 Å². The van der Waals surface area contributed by atoms with Crippen molar-refractivity contribution in [2.75, 3.05) is 18.4 Å². The lowest BCUT2D eigenvalue weighted by atomic mass is 10.1. The van der Waals surface area contributed by atoms with E-state index in [2.05, 4.69) is 10.3 Å². The minimum absolute atomic E-state index is 0.0531. The molecule has 0 aliphatic rings. The Bertz CT molecular complexity index is 1200. The molecule has 31 heavy (non-hydrogen) atoms. The Morgan fingerprint density at radius 3 is 2.32 bits per heavy atom. The number of aromatic nitrogens is 1. The van der Waals surface area contributed by atoms with Gasteiger partial charge in [-0.05, 0) is 18.2 Å². The van der Waals surface area contributed by atoms with Crippen LogP contribution in [0.2, 0.25) is 0 Å². The van der Waals surface area contributed by atoms with E-state index in [0.29, 0.717) is 23.7 Å². The highest BCUT2D eigenvalue weighted by atomic mass is 32.2. The second-order valence-electron chi connectivity index (χ2n) is 6.69. The molecule has 3 rings (SSSR count). The van der Waals surface area contributed by atoms with Gasteiger partial charge >= 0.3 is 0 Å². The SMILES string of the molecule is CCN(CC)S(=O)(=O)c1cccc(C(=O)Nc2nc(-c3ccccc3)c(C(C)=O)s2)c1. The fourth-order valence-corrected chi connectivity index (χ4v) is 5.47. The maximum absolute atomic E-state index is 12.8. The number of sulfonamides is 1. The number of nitrogens with zero attached hydrogens (tertiary/aromatic N) is 2. The minimum Gasteiger partial charge on any atom is -0.298 e. The zero-order valence-corrected chi connectivity index (χ0v) is 19.1. The Kier molecular flexibility index (Phi) is 6.99. The van der Waals surface area contributed by atoms with Crippen molar-refractivity contribution in [2.45, 2.75) is 25.7 Å². The highest BCUT2D eigenvalue weighted by Gasteiger charge is 2.23. The number of anilines is 1. The second-order valence-corrected chi connectivity index (χ2v) is 9.63. The third-order valence-electron chi connectivity index (χ3n) is 4.65. The molecule has 0 spiro atoms. The Hall–Kier alpha value is -2.88. The number of thiazole rings is 1. The third-order valence-corrected chi connectivity index (χ3v) is 7.77. The van der Waals surface area contributed by atoms with Crippen molar-refractivity contribution in [3.05, 3.63) is 65.0 Å². The number of hydrogen-bond donors (Lipinski definition) is 1. The molecule has 7 nitrogen and oxygen atoms in total. The molecule has 2 aromatic carbocycles. The third kappa shape index (κ3) is 4.90. The van der Waals surface area contributed by atoms with Gasteiger partial charge in [0.05, 0.1) is 15.5 Å². The first-order valence-corrected chi connectivity index (χ1v) is 12.0. The molecule has 0 unspecified atom stereocenters. The summed E-state index contributed by atoms with van der Waals surface area (Å²) < 4.78 is 26.8. The first-order chi connectivity index (χ1) is 14.8. The van der Waals surface area contributed by atoms with Crippen molar-refractivity contribution in [3.8, 4) is 11.3 Å². The Labute approximate surface area is 185 Å². The number of carbonyl (C=O) groups excluding carboxylic acids is 2. The number of amides is 1. The van der Waals surface area contributed by atoms with Crippen LogP contribution < -0.4 is 5.32 Å². The number of benzene rings is 2. The number of Topliss-reactive ketones (excluding diaryl/α,β-unsaturated/α-hetero) is 1. The second kappa shape index (κ2) is 9.51. The highest BCUT2D eigenvalue weighted by Crippen LogP contribution is 2.31. The maximum atomic E-state index is 12.8. The zero-order valence-electron chi connectivity index (χ0n) is 17.5. The van der Waals surface area contributed by atoms with Gasteiger partial charge in [-0.3, -0.25) is 14.9 Å². The summed E-state index contributed by atoms with van der Waals surface area (Å²) in [5.41, 5.74) is 1.47. The summed E-state index contributed by atoms with van der Waals surface area (Å²) >= 11 is 1.09. The van der Waals surface area contributed by atoms with Crippen molar-refractivity contribution in [1.29, 1.82) is 0 Å². The number of hydrogen-bond acceptors (Lipinski definition) is 6. The van der Waals surface area contributed by atoms with E-state index >= 15 is 0 Å². The van der Waals surface area contributed by atoms with Crippen molar-refractivity contribution >= 4 is 38.2 Å². The fourth-order valence-electron chi connectivity index (χ4n) is 3.08. The summed E-state index contributed by atoms with van der Waals surface area (Å²) in [7, 11) is -3.68. The molecule has 162 valence electrons. The van der Waals surface area contributed by atoms with Crippen LogP contribution in [0.5, 0.6) is 0 Å². The summed E-state index contributed by atoms with van der Waals surface area (Å²) in [5, 5.41) is 2.96. The molecule has 1 amide bonds. The van der Waals surface area contributed by atoms with Crippen LogP contribution >= 0.6 is 11.3 Å². The van der Waals surface area contributed by atoms with Crippen molar-refractivity contribution < 1.29 is 18.0 Å². The van der Waals surface area contributed by atoms with Crippen molar-refractivity contribution in [1.82, 2.24) is 9.29 Å². The van der Waals surface area contributed by atoms with Gasteiger partial charge in [-0.15, -0.1) is 0 Å². The summed E-state index contributed by atoms with van der Waals surface area (Å²) in [6.45, 7) is 5.65. The Balaban J connectivity index is 1.90. The summed E-state index contributed by atoms with van der Waals surface area (Å²) in [4.78, 5) is 29.8. The van der Waals surface area contributed by atoms with E-state index in [0.717, 1.165) is 16.9 Å². The van der Waals surface area contributed by atoms with E-state index in [9.17, 15) is 18.0 Å². The van der Waals surface area contributed by atoms with Gasteiger partial charge < -0.3 is 0 Å². The number of ketones is 1. The fraction of sp³-hybridized carbons (Fsp3) is 0.227. The normalized spacial score (nSPS) is 11.5. The predicted molar refractivity (Wildman–Crippen MR) is 122 cm³/mol. The summed E-state index contributed by atoms with van der Waals surface area (Å²) in [5.74, 6) is -0.649. The molecule has 1 aromatic heterocycles. The van der Waals surface area contributed by atoms with Crippen LogP contribution in [0.3, 0.4) is 0 Å². The van der Waals surface area contributed by atoms with Crippen LogP contribution in [0.1, 0.15) is 40.8 Å². The lowest BCUT2D eigenvalue weighted by molar-refractivity contribution is 0.101. The molecule has 0 radical (unpaired) electrons. The standard InChI is InChI=1S/C22H23N3O4S2/c1-4-25(5-2)31(28,29)18-13-9-12-17(14-18)21(27)24-22-23-19(20(30-22)15(3)26)16-10-7-6-8-11-16/h6-14H,4-5H2,1-3H3,(H,23,24,27). The van der Waals surface area contributed by atoms with E-state index in [-0.39, 0.29) is 21.4 Å². The number of carbonyl (C=O) groups is 2. The van der Waals surface area contributed by atoms with Crippen LogP contribution in [0.15, 0.2) is 59.5 Å². The van der Waals surface area contributed by atoms with E-state index in [4.69, 9.17) is 0 Å². The van der Waals surface area contributed by atoms with E-state index in [1.54, 1.807) is 13.8 Å². The van der Waals surface area contributed by atoms with Crippen molar-refractivity contribution in [3.63, 3.8) is 0 Å². The van der Waals surface area contributed by atoms with Gasteiger partial charge in [0.2, 0.25) is 10.0 Å². The average Bonchev–Trinajstić information content (AvgIpc) is 3.19. The van der Waals surface area contributed by atoms with Crippen LogP contribution in [0.25, 0.3) is 11.3 Å². The Morgan fingerprint density at radius 1 is 1.03 bits per heavy atom. The van der Waals surface area contributed by atoms with Gasteiger partial charge in [0, 0.05) is 31.1 Å². The van der Waals surface area contributed by atoms with Gasteiger partial charge in [-0.2, -0.15) is 4.31 Å². The molecule has 0 aliphatic heterocycles. The average molecular weight is 458 g/mol. The smallest absolute Gasteiger partial charge is 0.257 e. The minimum atomic E-state index is -3.68. The predicted octanol–water partition coefficient (Wildman–Crippen LogP) is 4.30. The molecular formula is C22H23N3O4S2. The zero-order chi connectivity index (χ0) is 22.6. The van der Waals surface area contributed by atoms with E-state index < -0.39 is 15.9 Å². The van der Waals surface area contributed by atoms with Crippen LogP contribution in [-0.2, 0) is 10.0 Å². The molecule has 0 fully saturated rings. The topological polar surface area (TPSA) is 96.4 Å². The first kappa shape index (κ1) is 22.8. The Morgan fingerprint density at radius 2 is 1.71 bits per heavy atom. The van der Waals surface area contributed by atoms with Crippen LogP contribution in [0, 0.1) is 0 Å². The van der Waals surface area contributed by atoms with Crippen LogP contribution in [0.4, 0.5) is 5.13 Å². The molecule has 0 atom stereocenters. The molecule has 0 aliphatic carbocycles. The van der Waals surface area contributed by atoms with Gasteiger partial charge in [-0.25, -0.2) is 13.4 Å².